The summed E-state index contributed by atoms with van der Waals surface area (Å²) in [4.78, 5) is 28.1. The van der Waals surface area contributed by atoms with Crippen LogP contribution in [0.4, 0.5) is 24.7 Å². The van der Waals surface area contributed by atoms with E-state index in [1.54, 1.807) is 6.07 Å². The van der Waals surface area contributed by atoms with E-state index in [1.165, 1.54) is 6.08 Å². The molecule has 2 saturated carbocycles. The van der Waals surface area contributed by atoms with Crippen molar-refractivity contribution in [1.29, 1.82) is 5.41 Å². The summed E-state index contributed by atoms with van der Waals surface area (Å²) in [7, 11) is 4.04. The number of fused-ring (bicyclic) bond motifs is 1. The van der Waals surface area contributed by atoms with Gasteiger partial charge in [-0.1, -0.05) is 12.6 Å². The molecule has 2 aromatic carbocycles. The lowest BCUT2D eigenvalue weighted by molar-refractivity contribution is -0.153. The van der Waals surface area contributed by atoms with E-state index < -0.39 is 12.8 Å². The zero-order chi connectivity index (χ0) is 35.5. The van der Waals surface area contributed by atoms with Crippen molar-refractivity contribution >= 4 is 34.5 Å². The fourth-order valence-corrected chi connectivity index (χ4v) is 7.78. The van der Waals surface area contributed by atoms with Gasteiger partial charge < -0.3 is 35.3 Å². The average molecular weight is 692 g/mol. The number of ether oxygens (including phenoxy) is 2. The first kappa shape index (κ1) is 34.1. The highest BCUT2D eigenvalue weighted by atomic mass is 19.4. The number of nitrogens with two attached hydrogens (primary N) is 1. The molecule has 4 aliphatic rings. The minimum absolute atomic E-state index is 0.00199. The van der Waals surface area contributed by atoms with E-state index in [0.29, 0.717) is 65.8 Å². The van der Waals surface area contributed by atoms with E-state index in [0.717, 1.165) is 55.9 Å². The Hall–Kier alpha value is -4.39. The first-order valence-corrected chi connectivity index (χ1v) is 17.3. The molecule has 7 rings (SSSR count). The molecule has 2 saturated heterocycles. The molecule has 2 aliphatic carbocycles. The van der Waals surface area contributed by atoms with Gasteiger partial charge in [-0.05, 0) is 87.5 Å². The van der Waals surface area contributed by atoms with Gasteiger partial charge >= 0.3 is 12.2 Å². The largest absolute Gasteiger partial charge is 0.481 e. The number of hydrogen-bond acceptors (Lipinski definition) is 9. The van der Waals surface area contributed by atoms with Crippen molar-refractivity contribution in [1.82, 2.24) is 19.8 Å². The number of nitrogen functional groups attached to an aromatic ring is 1. The SMILES string of the molecule is C=CC(=O)N1CC2(CCN(c3nc(O[C@H]4C[C@@H](N(C)C)C4)nc4c(OCC(F)(F)F)c(-c5c(C)ccc(N)c5C=N)c(C5CC5)cc34)CC2)C1. The number of aryl methyl sites for hydroxylation is 1. The van der Waals surface area contributed by atoms with Crippen molar-refractivity contribution < 1.29 is 27.4 Å². The smallest absolute Gasteiger partial charge is 0.422 e. The Balaban J connectivity index is 1.38. The van der Waals surface area contributed by atoms with E-state index in [4.69, 9.17) is 30.6 Å². The molecule has 2 aliphatic heterocycles. The number of carbonyl (C=O) groups is 1. The van der Waals surface area contributed by atoms with Gasteiger partial charge in [-0.25, -0.2) is 0 Å². The predicted octanol–water partition coefficient (Wildman–Crippen LogP) is 6.09. The fourth-order valence-electron chi connectivity index (χ4n) is 7.78. The number of anilines is 2. The third kappa shape index (κ3) is 6.36. The van der Waals surface area contributed by atoms with Crippen LogP contribution in [0.3, 0.4) is 0 Å². The van der Waals surface area contributed by atoms with Crippen molar-refractivity contribution in [3.63, 3.8) is 0 Å². The van der Waals surface area contributed by atoms with Crippen molar-refractivity contribution in [3.8, 4) is 22.9 Å². The first-order valence-electron chi connectivity index (χ1n) is 17.3. The lowest BCUT2D eigenvalue weighted by Crippen LogP contribution is -2.61. The average Bonchev–Trinajstić information content (AvgIpc) is 3.89. The zero-order valence-corrected chi connectivity index (χ0v) is 28.8. The number of piperidine rings is 1. The molecule has 50 heavy (non-hydrogen) atoms. The highest BCUT2D eigenvalue weighted by molar-refractivity contribution is 6.05. The highest BCUT2D eigenvalue weighted by Crippen LogP contribution is 2.53. The number of alkyl halides is 3. The number of hydrogen-bond donors (Lipinski definition) is 2. The van der Waals surface area contributed by atoms with Gasteiger partial charge in [0.1, 0.15) is 17.4 Å². The number of aromatic nitrogens is 2. The van der Waals surface area contributed by atoms with E-state index >= 15 is 0 Å². The number of likely N-dealkylation sites (tertiary alicyclic amines) is 1. The Morgan fingerprint density at radius 3 is 2.46 bits per heavy atom. The Labute approximate surface area is 289 Å². The maximum Gasteiger partial charge on any atom is 0.422 e. The number of nitrogens with zero attached hydrogens (tertiary/aromatic N) is 5. The van der Waals surface area contributed by atoms with Crippen LogP contribution in [0.2, 0.25) is 0 Å². The van der Waals surface area contributed by atoms with Gasteiger partial charge in [-0.15, -0.1) is 0 Å². The lowest BCUT2D eigenvalue weighted by Gasteiger charge is -2.54. The second kappa shape index (κ2) is 12.7. The number of benzene rings is 2. The van der Waals surface area contributed by atoms with E-state index in [9.17, 15) is 18.0 Å². The molecule has 0 radical (unpaired) electrons. The van der Waals surface area contributed by atoms with Crippen molar-refractivity contribution in [2.75, 3.05) is 57.5 Å². The van der Waals surface area contributed by atoms with Gasteiger partial charge in [0.05, 0.1) is 0 Å². The quantitative estimate of drug-likeness (QED) is 0.149. The summed E-state index contributed by atoms with van der Waals surface area (Å²) in [5.41, 5.74) is 10.0. The van der Waals surface area contributed by atoms with Crippen LogP contribution in [0.5, 0.6) is 11.8 Å². The molecule has 1 amide bonds. The summed E-state index contributed by atoms with van der Waals surface area (Å²) in [6.45, 7) is 6.62. The van der Waals surface area contributed by atoms with Crippen LogP contribution >= 0.6 is 0 Å². The molecule has 4 fully saturated rings. The maximum absolute atomic E-state index is 13.9. The van der Waals surface area contributed by atoms with Crippen molar-refractivity contribution in [3.05, 3.63) is 47.5 Å². The van der Waals surface area contributed by atoms with Gasteiger partial charge in [0, 0.05) is 78.9 Å². The second-order valence-corrected chi connectivity index (χ2v) is 14.7. The van der Waals surface area contributed by atoms with E-state index in [1.807, 2.05) is 38.1 Å². The topological polar surface area (TPSA) is 121 Å². The van der Waals surface area contributed by atoms with E-state index in [2.05, 4.69) is 16.4 Å². The molecule has 3 aromatic rings. The summed E-state index contributed by atoms with van der Waals surface area (Å²) in [5.74, 6) is 0.628. The summed E-state index contributed by atoms with van der Waals surface area (Å²) >= 11 is 0. The third-order valence-electron chi connectivity index (χ3n) is 10.9. The van der Waals surface area contributed by atoms with Crippen LogP contribution in [-0.4, -0.2) is 97.1 Å². The lowest BCUT2D eigenvalue weighted by atomic mass is 9.72. The van der Waals surface area contributed by atoms with Crippen LogP contribution in [0.25, 0.3) is 22.0 Å². The number of halogens is 3. The third-order valence-corrected chi connectivity index (χ3v) is 10.9. The number of carbonyl (C=O) groups excluding carboxylic acids is 1. The Morgan fingerprint density at radius 2 is 1.86 bits per heavy atom. The first-order chi connectivity index (χ1) is 23.8. The van der Waals surface area contributed by atoms with Crippen molar-refractivity contribution in [2.45, 2.75) is 69.7 Å². The minimum Gasteiger partial charge on any atom is -0.481 e. The molecular weight excluding hydrogens is 647 g/mol. The highest BCUT2D eigenvalue weighted by Gasteiger charge is 2.47. The van der Waals surface area contributed by atoms with Gasteiger partial charge in [0.25, 0.3) is 0 Å². The number of rotatable bonds is 10. The second-order valence-electron chi connectivity index (χ2n) is 14.7. The molecule has 10 nitrogen and oxygen atoms in total. The molecule has 0 unspecified atom stereocenters. The standard InChI is InChI=1S/C37H44F3N7O3/c1-5-29(48)47-18-36(19-47)10-12-46(13-11-36)34-26-16-25(22-7-8-22)31(30-21(2)6-9-28(42)27(30)17-41)33(49-20-37(38,39)40)32(26)43-35(44-34)50-24-14-23(15-24)45(3)4/h5-6,9,16-17,22-24,41H,1,7-8,10-15,18-20,42H2,2-4H3/t23-,24+. The molecule has 0 atom stereocenters. The Morgan fingerprint density at radius 1 is 1.16 bits per heavy atom. The molecular formula is C37H44F3N7O3. The number of amides is 1. The molecule has 1 aromatic heterocycles. The van der Waals surface area contributed by atoms with Crippen molar-refractivity contribution in [2.24, 2.45) is 5.41 Å². The fraction of sp³-hybridized carbons (Fsp3) is 0.514. The monoisotopic (exact) mass is 691 g/mol. The molecule has 266 valence electrons. The maximum atomic E-state index is 13.9. The zero-order valence-electron chi connectivity index (χ0n) is 28.8. The van der Waals surface area contributed by atoms with Crippen LogP contribution < -0.4 is 20.1 Å². The van der Waals surface area contributed by atoms with Gasteiger partial charge in [0.15, 0.2) is 12.4 Å². The summed E-state index contributed by atoms with van der Waals surface area (Å²) in [5, 5.41) is 8.85. The Kier molecular flexibility index (Phi) is 8.68. The summed E-state index contributed by atoms with van der Waals surface area (Å²) in [6, 6.07) is 5.99. The molecule has 3 N–H and O–H groups in total. The van der Waals surface area contributed by atoms with Crippen LogP contribution in [0, 0.1) is 17.7 Å². The normalized spacial score (nSPS) is 21.6. The van der Waals surface area contributed by atoms with Gasteiger partial charge in [-0.3, -0.25) is 4.79 Å². The molecule has 1 spiro atoms. The summed E-state index contributed by atoms with van der Waals surface area (Å²) < 4.78 is 54.0. The number of nitrogens with one attached hydrogen (secondary N) is 1. The summed E-state index contributed by atoms with van der Waals surface area (Å²) in [6.07, 6.45) is 2.73. The van der Waals surface area contributed by atoms with Gasteiger partial charge in [0.2, 0.25) is 5.91 Å². The molecule has 13 heteroatoms. The minimum atomic E-state index is -4.61. The van der Waals surface area contributed by atoms with Crippen LogP contribution in [0.1, 0.15) is 61.1 Å². The van der Waals surface area contributed by atoms with Crippen LogP contribution in [0.15, 0.2) is 30.9 Å². The molecule has 0 bridgehead atoms. The Bertz CT molecular complexity index is 1840. The van der Waals surface area contributed by atoms with Gasteiger partial charge in [-0.2, -0.15) is 23.1 Å². The van der Waals surface area contributed by atoms with E-state index in [-0.39, 0.29) is 40.6 Å². The predicted molar refractivity (Wildman–Crippen MR) is 187 cm³/mol. The van der Waals surface area contributed by atoms with Crippen LogP contribution in [-0.2, 0) is 4.79 Å². The molecule has 3 heterocycles.